The Kier molecular flexibility index (Phi) is 7.55. The fourth-order valence-electron chi connectivity index (χ4n) is 2.35. The number of hydrogen-bond acceptors (Lipinski definition) is 5. The first kappa shape index (κ1) is 22.6. The van der Waals surface area contributed by atoms with Gasteiger partial charge in [0.05, 0.1) is 7.11 Å². The van der Waals surface area contributed by atoms with Crippen molar-refractivity contribution >= 4 is 23.8 Å². The van der Waals surface area contributed by atoms with Gasteiger partial charge < -0.3 is 9.47 Å². The van der Waals surface area contributed by atoms with Gasteiger partial charge >= 0.3 is 18.2 Å². The largest absolute Gasteiger partial charge is 0.467 e. The molecule has 0 aromatic heterocycles. The van der Waals surface area contributed by atoms with Gasteiger partial charge in [-0.25, -0.2) is 9.59 Å². The van der Waals surface area contributed by atoms with Crippen molar-refractivity contribution in [2.45, 2.75) is 30.1 Å². The molecule has 0 radical (unpaired) electrons. The van der Waals surface area contributed by atoms with Gasteiger partial charge in [-0.2, -0.15) is 13.2 Å². The van der Waals surface area contributed by atoms with Gasteiger partial charge in [-0.1, -0.05) is 48.0 Å². The summed E-state index contributed by atoms with van der Waals surface area (Å²) in [7, 11) is 0.830. The standard InChI is InChI=1S/C20H20F3NO4S/c1-14-8-10-16(11-9-14)29-13-19(17(25)27-2,20(21,22)23)24-18(26)28-12-15-6-4-3-5-7-15/h3-11H,12-13H2,1-2H3,(H,24,26)/t19-/m0/s1. The van der Waals surface area contributed by atoms with E-state index in [2.05, 4.69) is 4.74 Å². The number of alkyl halides is 3. The second-order valence-electron chi connectivity index (χ2n) is 6.18. The molecule has 0 aliphatic rings. The Balaban J connectivity index is 2.19. The fourth-order valence-corrected chi connectivity index (χ4v) is 3.41. The first-order chi connectivity index (χ1) is 13.7. The molecule has 156 valence electrons. The van der Waals surface area contributed by atoms with Crippen molar-refractivity contribution < 1.29 is 32.2 Å². The van der Waals surface area contributed by atoms with Crippen molar-refractivity contribution in [3.05, 3.63) is 65.7 Å². The molecule has 5 nitrogen and oxygen atoms in total. The number of nitrogens with one attached hydrogen (secondary N) is 1. The van der Waals surface area contributed by atoms with Gasteiger partial charge in [0.2, 0.25) is 5.54 Å². The first-order valence-corrected chi connectivity index (χ1v) is 9.50. The Morgan fingerprint density at radius 3 is 2.21 bits per heavy atom. The van der Waals surface area contributed by atoms with Gasteiger partial charge in [0.1, 0.15) is 6.61 Å². The summed E-state index contributed by atoms with van der Waals surface area (Å²) in [5.74, 6) is -2.44. The minimum absolute atomic E-state index is 0.243. The highest BCUT2D eigenvalue weighted by molar-refractivity contribution is 7.99. The highest BCUT2D eigenvalue weighted by Crippen LogP contribution is 2.36. The number of esters is 1. The second kappa shape index (κ2) is 9.69. The number of halogens is 3. The molecule has 0 unspecified atom stereocenters. The zero-order valence-electron chi connectivity index (χ0n) is 15.8. The molecule has 0 spiro atoms. The Labute approximate surface area is 170 Å². The monoisotopic (exact) mass is 427 g/mol. The molecule has 1 atom stereocenters. The highest BCUT2D eigenvalue weighted by atomic mass is 32.2. The lowest BCUT2D eigenvalue weighted by atomic mass is 10.0. The van der Waals surface area contributed by atoms with Crippen LogP contribution in [0, 0.1) is 6.92 Å². The van der Waals surface area contributed by atoms with Crippen molar-refractivity contribution in [2.24, 2.45) is 0 Å². The van der Waals surface area contributed by atoms with Crippen molar-refractivity contribution in [3.63, 3.8) is 0 Å². The molecule has 0 fully saturated rings. The fraction of sp³-hybridized carbons (Fsp3) is 0.300. The molecule has 0 heterocycles. The van der Waals surface area contributed by atoms with Crippen LogP contribution < -0.4 is 5.32 Å². The molecule has 9 heteroatoms. The Bertz CT molecular complexity index is 828. The molecular weight excluding hydrogens is 407 g/mol. The van der Waals surface area contributed by atoms with Gasteiger partial charge in [-0.15, -0.1) is 11.8 Å². The SMILES string of the molecule is COC(=O)[C@](CSc1ccc(C)cc1)(NC(=O)OCc1ccccc1)C(F)(F)F. The zero-order chi connectivity index (χ0) is 21.5. The lowest BCUT2D eigenvalue weighted by molar-refractivity contribution is -0.205. The van der Waals surface area contributed by atoms with E-state index in [1.165, 1.54) is 0 Å². The maximum atomic E-state index is 13.9. The molecule has 0 bridgehead atoms. The van der Waals surface area contributed by atoms with Gasteiger partial charge in [0, 0.05) is 10.6 Å². The van der Waals surface area contributed by atoms with E-state index in [1.54, 1.807) is 59.9 Å². The highest BCUT2D eigenvalue weighted by Gasteiger charge is 2.63. The number of ether oxygens (including phenoxy) is 2. The number of benzene rings is 2. The topological polar surface area (TPSA) is 64.6 Å². The smallest absolute Gasteiger partial charge is 0.423 e. The number of aryl methyl sites for hydroxylation is 1. The Hall–Kier alpha value is -2.68. The number of rotatable bonds is 7. The summed E-state index contributed by atoms with van der Waals surface area (Å²) in [5, 5.41) is 1.69. The minimum atomic E-state index is -5.11. The van der Waals surface area contributed by atoms with Crippen LogP contribution in [-0.4, -0.2) is 36.6 Å². The van der Waals surface area contributed by atoms with E-state index < -0.39 is 29.5 Å². The number of hydrogen-bond donors (Lipinski definition) is 1. The normalized spacial score (nSPS) is 13.3. The third-order valence-corrected chi connectivity index (χ3v) is 5.21. The Morgan fingerprint density at radius 2 is 1.66 bits per heavy atom. The van der Waals surface area contributed by atoms with E-state index in [1.807, 2.05) is 6.92 Å². The van der Waals surface area contributed by atoms with Crippen LogP contribution >= 0.6 is 11.8 Å². The van der Waals surface area contributed by atoms with Crippen LogP contribution in [0.4, 0.5) is 18.0 Å². The summed E-state index contributed by atoms with van der Waals surface area (Å²) in [5.41, 5.74) is -1.73. The van der Waals surface area contributed by atoms with E-state index in [4.69, 9.17) is 4.74 Å². The average Bonchev–Trinajstić information content (AvgIpc) is 2.70. The van der Waals surface area contributed by atoms with Crippen LogP contribution in [0.5, 0.6) is 0 Å². The lowest BCUT2D eigenvalue weighted by Gasteiger charge is -2.33. The third-order valence-electron chi connectivity index (χ3n) is 4.02. The second-order valence-corrected chi connectivity index (χ2v) is 7.23. The predicted molar refractivity (Wildman–Crippen MR) is 102 cm³/mol. The molecule has 2 aromatic carbocycles. The van der Waals surface area contributed by atoms with Crippen LogP contribution in [0.15, 0.2) is 59.5 Å². The van der Waals surface area contributed by atoms with Gasteiger partial charge in [-0.05, 0) is 24.6 Å². The maximum Gasteiger partial charge on any atom is 0.423 e. The molecule has 0 saturated heterocycles. The Morgan fingerprint density at radius 1 is 1.03 bits per heavy atom. The average molecular weight is 427 g/mol. The van der Waals surface area contributed by atoms with E-state index in [0.29, 0.717) is 10.5 Å². The molecule has 0 aliphatic heterocycles. The number of methoxy groups -OCH3 is 1. The predicted octanol–water partition coefficient (Wildman–Crippen LogP) is 4.49. The third kappa shape index (κ3) is 5.90. The summed E-state index contributed by atoms with van der Waals surface area (Å²) in [6.07, 6.45) is -6.48. The number of amides is 1. The number of carbonyl (C=O) groups excluding carboxylic acids is 2. The first-order valence-electron chi connectivity index (χ1n) is 8.51. The van der Waals surface area contributed by atoms with Crippen molar-refractivity contribution in [3.8, 4) is 0 Å². The van der Waals surface area contributed by atoms with Crippen molar-refractivity contribution in [2.75, 3.05) is 12.9 Å². The van der Waals surface area contributed by atoms with Crippen LogP contribution in [0.3, 0.4) is 0 Å². The summed E-state index contributed by atoms with van der Waals surface area (Å²) in [6, 6.07) is 15.2. The van der Waals surface area contributed by atoms with Crippen LogP contribution in [0.25, 0.3) is 0 Å². The quantitative estimate of drug-likeness (QED) is 0.521. The van der Waals surface area contributed by atoms with Gasteiger partial charge in [0.25, 0.3) is 0 Å². The summed E-state index contributed by atoms with van der Waals surface area (Å²) < 4.78 is 51.0. The lowest BCUT2D eigenvalue weighted by Crippen LogP contribution is -2.66. The van der Waals surface area contributed by atoms with Crippen molar-refractivity contribution in [1.82, 2.24) is 5.32 Å². The molecule has 1 amide bonds. The molecule has 0 saturated carbocycles. The van der Waals surface area contributed by atoms with E-state index in [9.17, 15) is 22.8 Å². The molecule has 2 aromatic rings. The van der Waals surface area contributed by atoms with Gasteiger partial charge in [-0.3, -0.25) is 5.32 Å². The molecule has 1 N–H and O–H groups in total. The number of carbonyl (C=O) groups is 2. The molecule has 2 rings (SSSR count). The zero-order valence-corrected chi connectivity index (χ0v) is 16.6. The molecular formula is C20H20F3NO4S. The molecule has 0 aliphatic carbocycles. The maximum absolute atomic E-state index is 13.9. The summed E-state index contributed by atoms with van der Waals surface area (Å²) in [4.78, 5) is 24.8. The number of alkyl carbamates (subject to hydrolysis) is 1. The number of thioether (sulfide) groups is 1. The van der Waals surface area contributed by atoms with E-state index in [0.717, 1.165) is 24.4 Å². The van der Waals surface area contributed by atoms with Gasteiger partial charge in [0.15, 0.2) is 0 Å². The van der Waals surface area contributed by atoms with E-state index in [-0.39, 0.29) is 6.61 Å². The van der Waals surface area contributed by atoms with Crippen LogP contribution in [-0.2, 0) is 20.9 Å². The van der Waals surface area contributed by atoms with E-state index >= 15 is 0 Å². The summed E-state index contributed by atoms with van der Waals surface area (Å²) >= 11 is 0.772. The summed E-state index contributed by atoms with van der Waals surface area (Å²) in [6.45, 7) is 1.60. The minimum Gasteiger partial charge on any atom is -0.467 e. The van der Waals surface area contributed by atoms with Crippen molar-refractivity contribution in [1.29, 1.82) is 0 Å². The molecule has 29 heavy (non-hydrogen) atoms. The van der Waals surface area contributed by atoms with Crippen LogP contribution in [0.2, 0.25) is 0 Å². The van der Waals surface area contributed by atoms with Crippen LogP contribution in [0.1, 0.15) is 11.1 Å².